The second-order valence-corrected chi connectivity index (χ2v) is 5.16. The molecule has 1 amide bonds. The molecular formula is C11H21NO. The Morgan fingerprint density at radius 2 is 2.00 bits per heavy atom. The monoisotopic (exact) mass is 183 g/mol. The van der Waals surface area contributed by atoms with Gasteiger partial charge in [0.2, 0.25) is 5.91 Å². The van der Waals surface area contributed by atoms with Gasteiger partial charge in [-0.05, 0) is 24.2 Å². The lowest BCUT2D eigenvalue weighted by Gasteiger charge is -2.21. The number of hydrogen-bond acceptors (Lipinski definition) is 1. The Morgan fingerprint density at radius 1 is 1.46 bits per heavy atom. The molecule has 2 heteroatoms. The number of carbonyl (C=O) groups excluding carboxylic acids is 1. The van der Waals surface area contributed by atoms with Crippen molar-refractivity contribution in [2.45, 2.75) is 40.0 Å². The summed E-state index contributed by atoms with van der Waals surface area (Å²) >= 11 is 0. The number of amides is 1. The Labute approximate surface area is 81.3 Å². The molecule has 1 aliphatic carbocycles. The maximum absolute atomic E-state index is 11.6. The molecule has 0 N–H and O–H groups in total. The normalized spacial score (nSPS) is 18.8. The molecule has 0 aromatic carbocycles. The van der Waals surface area contributed by atoms with Crippen molar-refractivity contribution in [2.24, 2.45) is 11.3 Å². The van der Waals surface area contributed by atoms with Crippen molar-refractivity contribution < 1.29 is 4.79 Å². The molecule has 0 atom stereocenters. The van der Waals surface area contributed by atoms with Gasteiger partial charge in [-0.2, -0.15) is 0 Å². The minimum Gasteiger partial charge on any atom is -0.345 e. The number of carbonyl (C=O) groups is 1. The van der Waals surface area contributed by atoms with E-state index in [0.29, 0.717) is 23.7 Å². The Kier molecular flexibility index (Phi) is 2.99. The molecule has 1 saturated carbocycles. The summed E-state index contributed by atoms with van der Waals surface area (Å²) in [7, 11) is 1.92. The van der Waals surface area contributed by atoms with Crippen molar-refractivity contribution in [1.29, 1.82) is 0 Å². The van der Waals surface area contributed by atoms with E-state index >= 15 is 0 Å². The fourth-order valence-electron chi connectivity index (χ4n) is 1.54. The van der Waals surface area contributed by atoms with Gasteiger partial charge < -0.3 is 4.90 Å². The summed E-state index contributed by atoms with van der Waals surface area (Å²) in [6.07, 6.45) is 3.26. The zero-order chi connectivity index (χ0) is 10.1. The molecule has 0 bridgehead atoms. The van der Waals surface area contributed by atoms with Gasteiger partial charge in [0, 0.05) is 20.0 Å². The molecule has 1 aliphatic rings. The standard InChI is InChI=1S/C11H21NO/c1-9(2)7-10(13)12(4)8-11(3)5-6-11/h9H,5-8H2,1-4H3. The van der Waals surface area contributed by atoms with E-state index in [1.165, 1.54) is 12.8 Å². The van der Waals surface area contributed by atoms with Crippen LogP contribution in [0.2, 0.25) is 0 Å². The van der Waals surface area contributed by atoms with Crippen molar-refractivity contribution in [1.82, 2.24) is 4.90 Å². The fraction of sp³-hybridized carbons (Fsp3) is 0.909. The second-order valence-electron chi connectivity index (χ2n) is 5.16. The molecule has 13 heavy (non-hydrogen) atoms. The van der Waals surface area contributed by atoms with Crippen LogP contribution in [0.5, 0.6) is 0 Å². The van der Waals surface area contributed by atoms with Gasteiger partial charge in [-0.15, -0.1) is 0 Å². The van der Waals surface area contributed by atoms with E-state index in [1.807, 2.05) is 11.9 Å². The fourth-order valence-corrected chi connectivity index (χ4v) is 1.54. The third-order valence-electron chi connectivity index (χ3n) is 2.73. The Morgan fingerprint density at radius 3 is 2.38 bits per heavy atom. The number of nitrogens with zero attached hydrogens (tertiary/aromatic N) is 1. The summed E-state index contributed by atoms with van der Waals surface area (Å²) in [5.74, 6) is 0.769. The third kappa shape index (κ3) is 3.37. The summed E-state index contributed by atoms with van der Waals surface area (Å²) in [4.78, 5) is 13.5. The molecule has 76 valence electrons. The lowest BCUT2D eigenvalue weighted by Crippen LogP contribution is -2.32. The van der Waals surface area contributed by atoms with Crippen LogP contribution in [0.1, 0.15) is 40.0 Å². The Bertz CT molecular complexity index is 194. The lowest BCUT2D eigenvalue weighted by atomic mass is 10.1. The smallest absolute Gasteiger partial charge is 0.222 e. The minimum absolute atomic E-state index is 0.295. The predicted molar refractivity (Wildman–Crippen MR) is 54.4 cm³/mol. The quantitative estimate of drug-likeness (QED) is 0.655. The summed E-state index contributed by atoms with van der Waals surface area (Å²) in [6, 6.07) is 0. The summed E-state index contributed by atoms with van der Waals surface area (Å²) in [6.45, 7) is 7.37. The van der Waals surface area contributed by atoms with Gasteiger partial charge in [0.25, 0.3) is 0 Å². The van der Waals surface area contributed by atoms with Gasteiger partial charge in [-0.25, -0.2) is 0 Å². The largest absolute Gasteiger partial charge is 0.345 e. The molecule has 0 aliphatic heterocycles. The predicted octanol–water partition coefficient (Wildman–Crippen LogP) is 2.29. The highest BCUT2D eigenvalue weighted by Crippen LogP contribution is 2.45. The van der Waals surface area contributed by atoms with Crippen molar-refractivity contribution in [3.63, 3.8) is 0 Å². The lowest BCUT2D eigenvalue weighted by molar-refractivity contribution is -0.131. The second kappa shape index (κ2) is 3.69. The minimum atomic E-state index is 0.295. The van der Waals surface area contributed by atoms with Crippen molar-refractivity contribution in [2.75, 3.05) is 13.6 Å². The van der Waals surface area contributed by atoms with Crippen molar-refractivity contribution in [3.8, 4) is 0 Å². The summed E-state index contributed by atoms with van der Waals surface area (Å²) < 4.78 is 0. The first-order chi connectivity index (χ1) is 5.93. The molecular weight excluding hydrogens is 162 g/mol. The van der Waals surface area contributed by atoms with Crippen LogP contribution in [0.4, 0.5) is 0 Å². The van der Waals surface area contributed by atoms with Gasteiger partial charge in [0.1, 0.15) is 0 Å². The van der Waals surface area contributed by atoms with E-state index in [4.69, 9.17) is 0 Å². The van der Waals surface area contributed by atoms with E-state index in [9.17, 15) is 4.79 Å². The zero-order valence-electron chi connectivity index (χ0n) is 9.26. The third-order valence-corrected chi connectivity index (χ3v) is 2.73. The summed E-state index contributed by atoms with van der Waals surface area (Å²) in [5, 5.41) is 0. The van der Waals surface area contributed by atoms with E-state index in [2.05, 4.69) is 20.8 Å². The molecule has 0 aromatic heterocycles. The van der Waals surface area contributed by atoms with E-state index in [0.717, 1.165) is 6.54 Å². The average molecular weight is 183 g/mol. The van der Waals surface area contributed by atoms with E-state index in [-0.39, 0.29) is 0 Å². The number of rotatable bonds is 4. The van der Waals surface area contributed by atoms with Gasteiger partial charge in [0.15, 0.2) is 0 Å². The van der Waals surface area contributed by atoms with Gasteiger partial charge >= 0.3 is 0 Å². The topological polar surface area (TPSA) is 20.3 Å². The molecule has 1 rings (SSSR count). The van der Waals surface area contributed by atoms with E-state index in [1.54, 1.807) is 0 Å². The van der Waals surface area contributed by atoms with Crippen LogP contribution in [-0.2, 0) is 4.79 Å². The zero-order valence-corrected chi connectivity index (χ0v) is 9.26. The molecule has 0 radical (unpaired) electrons. The van der Waals surface area contributed by atoms with Crippen LogP contribution < -0.4 is 0 Å². The highest BCUT2D eigenvalue weighted by Gasteiger charge is 2.38. The summed E-state index contributed by atoms with van der Waals surface area (Å²) in [5.41, 5.74) is 0.446. The first-order valence-electron chi connectivity index (χ1n) is 5.17. The SMILES string of the molecule is CC(C)CC(=O)N(C)CC1(C)CC1. The molecule has 0 spiro atoms. The number of hydrogen-bond donors (Lipinski definition) is 0. The highest BCUT2D eigenvalue weighted by atomic mass is 16.2. The van der Waals surface area contributed by atoms with Crippen LogP contribution in [-0.4, -0.2) is 24.4 Å². The molecule has 0 heterocycles. The molecule has 1 fully saturated rings. The molecule has 2 nitrogen and oxygen atoms in total. The molecule has 0 saturated heterocycles. The molecule has 0 aromatic rings. The van der Waals surface area contributed by atoms with Crippen LogP contribution in [0, 0.1) is 11.3 Å². The van der Waals surface area contributed by atoms with Crippen molar-refractivity contribution >= 4 is 5.91 Å². The van der Waals surface area contributed by atoms with Crippen LogP contribution in [0.25, 0.3) is 0 Å². The first kappa shape index (κ1) is 10.6. The highest BCUT2D eigenvalue weighted by molar-refractivity contribution is 5.76. The Hall–Kier alpha value is -0.530. The average Bonchev–Trinajstić information content (AvgIpc) is 2.66. The molecule has 0 unspecified atom stereocenters. The van der Waals surface area contributed by atoms with Crippen LogP contribution in [0.15, 0.2) is 0 Å². The van der Waals surface area contributed by atoms with Crippen molar-refractivity contribution in [3.05, 3.63) is 0 Å². The first-order valence-corrected chi connectivity index (χ1v) is 5.17. The van der Waals surface area contributed by atoms with Crippen LogP contribution in [0.3, 0.4) is 0 Å². The maximum atomic E-state index is 11.6. The van der Waals surface area contributed by atoms with Gasteiger partial charge in [0.05, 0.1) is 0 Å². The van der Waals surface area contributed by atoms with Gasteiger partial charge in [-0.3, -0.25) is 4.79 Å². The Balaban J connectivity index is 2.29. The maximum Gasteiger partial charge on any atom is 0.222 e. The van der Waals surface area contributed by atoms with Gasteiger partial charge in [-0.1, -0.05) is 20.8 Å². The van der Waals surface area contributed by atoms with Crippen LogP contribution >= 0.6 is 0 Å². The van der Waals surface area contributed by atoms with E-state index < -0.39 is 0 Å².